The van der Waals surface area contributed by atoms with E-state index in [1.165, 1.54) is 12.6 Å². The van der Waals surface area contributed by atoms with Crippen molar-refractivity contribution in [1.82, 2.24) is 14.8 Å². The van der Waals surface area contributed by atoms with Gasteiger partial charge < -0.3 is 9.80 Å². The third-order valence-corrected chi connectivity index (χ3v) is 4.27. The van der Waals surface area contributed by atoms with E-state index in [-0.39, 0.29) is 5.91 Å². The average Bonchev–Trinajstić information content (AvgIpc) is 2.47. The largest absolute Gasteiger partial charge is 0.339 e. The Balaban J connectivity index is 1.97. The van der Waals surface area contributed by atoms with E-state index in [1.54, 1.807) is 12.3 Å². The minimum absolute atomic E-state index is 0.00802. The van der Waals surface area contributed by atoms with Gasteiger partial charge in [0.25, 0.3) is 5.91 Å². The minimum Gasteiger partial charge on any atom is -0.339 e. The highest BCUT2D eigenvalue weighted by Crippen LogP contribution is 2.20. The van der Waals surface area contributed by atoms with Gasteiger partial charge in [0, 0.05) is 38.6 Å². The Hall–Kier alpha value is -1.13. The molecule has 1 fully saturated rings. The highest BCUT2D eigenvalue weighted by Gasteiger charge is 2.26. The van der Waals surface area contributed by atoms with Crippen LogP contribution < -0.4 is 0 Å². The number of halogens is 1. The quantitative estimate of drug-likeness (QED) is 0.857. The van der Waals surface area contributed by atoms with E-state index in [1.807, 2.05) is 11.9 Å². The lowest BCUT2D eigenvalue weighted by Gasteiger charge is -2.36. The van der Waals surface area contributed by atoms with Gasteiger partial charge in [0.1, 0.15) is 0 Å². The van der Waals surface area contributed by atoms with Crippen molar-refractivity contribution in [1.29, 1.82) is 0 Å². The second-order valence-corrected chi connectivity index (χ2v) is 5.75. The van der Waals surface area contributed by atoms with Gasteiger partial charge in [0.15, 0.2) is 0 Å². The van der Waals surface area contributed by atoms with Crippen LogP contribution in [0.4, 0.5) is 0 Å². The molecule has 0 unspecified atom stereocenters. The molecule has 1 aliphatic heterocycles. The first-order valence-corrected chi connectivity index (χ1v) is 7.60. The lowest BCUT2D eigenvalue weighted by atomic mass is 10.0. The Morgan fingerprint density at radius 2 is 2.20 bits per heavy atom. The molecule has 0 bridgehead atoms. The first-order valence-electron chi connectivity index (χ1n) is 7.22. The second-order valence-electron chi connectivity index (χ2n) is 5.34. The SMILES string of the molecule is CCCN1CCC(N(C)C(=O)c2ccncc2Cl)CC1. The lowest BCUT2D eigenvalue weighted by Crippen LogP contribution is -2.45. The van der Waals surface area contributed by atoms with E-state index in [0.29, 0.717) is 16.6 Å². The molecule has 1 saturated heterocycles. The summed E-state index contributed by atoms with van der Waals surface area (Å²) in [6.07, 6.45) is 6.38. The Bertz CT molecular complexity index is 458. The van der Waals surface area contributed by atoms with Crippen molar-refractivity contribution in [2.24, 2.45) is 0 Å². The number of pyridine rings is 1. The van der Waals surface area contributed by atoms with Crippen molar-refractivity contribution in [3.8, 4) is 0 Å². The Labute approximate surface area is 125 Å². The normalized spacial score (nSPS) is 17.1. The molecule has 1 aromatic heterocycles. The third kappa shape index (κ3) is 3.49. The number of carbonyl (C=O) groups excluding carboxylic acids is 1. The van der Waals surface area contributed by atoms with Crippen molar-refractivity contribution >= 4 is 17.5 Å². The van der Waals surface area contributed by atoms with Gasteiger partial charge in [0.05, 0.1) is 10.6 Å². The Morgan fingerprint density at radius 3 is 2.80 bits per heavy atom. The van der Waals surface area contributed by atoms with Crippen LogP contribution in [0, 0.1) is 0 Å². The third-order valence-electron chi connectivity index (χ3n) is 3.97. The summed E-state index contributed by atoms with van der Waals surface area (Å²) in [6, 6.07) is 1.99. The van der Waals surface area contributed by atoms with Gasteiger partial charge in [-0.05, 0) is 31.9 Å². The summed E-state index contributed by atoms with van der Waals surface area (Å²) in [5, 5.41) is 0.424. The van der Waals surface area contributed by atoms with Crippen LogP contribution in [0.15, 0.2) is 18.5 Å². The molecule has 0 saturated carbocycles. The summed E-state index contributed by atoms with van der Waals surface area (Å²) < 4.78 is 0. The van der Waals surface area contributed by atoms with E-state index >= 15 is 0 Å². The molecule has 0 radical (unpaired) electrons. The van der Waals surface area contributed by atoms with E-state index < -0.39 is 0 Å². The first kappa shape index (κ1) is 15.3. The summed E-state index contributed by atoms with van der Waals surface area (Å²) in [5.74, 6) is -0.00802. The maximum atomic E-state index is 12.5. The zero-order valence-electron chi connectivity index (χ0n) is 12.2. The van der Waals surface area contributed by atoms with E-state index in [2.05, 4.69) is 16.8 Å². The van der Waals surface area contributed by atoms with E-state index in [4.69, 9.17) is 11.6 Å². The molecule has 0 aliphatic carbocycles. The number of nitrogens with zero attached hydrogens (tertiary/aromatic N) is 3. The molecule has 0 aromatic carbocycles. The molecular weight excluding hydrogens is 274 g/mol. The molecule has 1 aliphatic rings. The topological polar surface area (TPSA) is 36.4 Å². The number of piperidine rings is 1. The second kappa shape index (κ2) is 7.04. The molecule has 0 spiro atoms. The zero-order valence-corrected chi connectivity index (χ0v) is 12.9. The van der Waals surface area contributed by atoms with Crippen LogP contribution in [0.25, 0.3) is 0 Å². The van der Waals surface area contributed by atoms with Gasteiger partial charge in [0.2, 0.25) is 0 Å². The number of hydrogen-bond donors (Lipinski definition) is 0. The van der Waals surface area contributed by atoms with Crippen molar-refractivity contribution in [2.75, 3.05) is 26.7 Å². The van der Waals surface area contributed by atoms with Crippen LogP contribution in [0.5, 0.6) is 0 Å². The van der Waals surface area contributed by atoms with Crippen molar-refractivity contribution in [3.05, 3.63) is 29.0 Å². The first-order chi connectivity index (χ1) is 9.63. The number of likely N-dealkylation sites (tertiary alicyclic amines) is 1. The van der Waals surface area contributed by atoms with E-state index in [0.717, 1.165) is 32.5 Å². The van der Waals surface area contributed by atoms with Crippen LogP contribution in [-0.2, 0) is 0 Å². The lowest BCUT2D eigenvalue weighted by molar-refractivity contribution is 0.0643. The fraction of sp³-hybridized carbons (Fsp3) is 0.600. The summed E-state index contributed by atoms with van der Waals surface area (Å²) >= 11 is 6.05. The van der Waals surface area contributed by atoms with Gasteiger partial charge >= 0.3 is 0 Å². The van der Waals surface area contributed by atoms with Gasteiger partial charge in [-0.25, -0.2) is 0 Å². The number of hydrogen-bond acceptors (Lipinski definition) is 3. The van der Waals surface area contributed by atoms with Crippen LogP contribution in [0.2, 0.25) is 5.02 Å². The van der Waals surface area contributed by atoms with Crippen molar-refractivity contribution in [2.45, 2.75) is 32.2 Å². The molecule has 0 N–H and O–H groups in total. The molecule has 1 amide bonds. The molecule has 5 heteroatoms. The summed E-state index contributed by atoms with van der Waals surface area (Å²) in [7, 11) is 1.87. The monoisotopic (exact) mass is 295 g/mol. The Kier molecular flexibility index (Phi) is 5.38. The smallest absolute Gasteiger partial charge is 0.255 e. The molecule has 2 rings (SSSR count). The highest BCUT2D eigenvalue weighted by atomic mass is 35.5. The molecule has 20 heavy (non-hydrogen) atoms. The molecule has 0 atom stereocenters. The van der Waals surface area contributed by atoms with Crippen molar-refractivity contribution < 1.29 is 4.79 Å². The molecule has 4 nitrogen and oxygen atoms in total. The highest BCUT2D eigenvalue weighted by molar-refractivity contribution is 6.33. The fourth-order valence-electron chi connectivity index (χ4n) is 2.75. The van der Waals surface area contributed by atoms with Crippen molar-refractivity contribution in [3.63, 3.8) is 0 Å². The van der Waals surface area contributed by atoms with Crippen LogP contribution in [-0.4, -0.2) is 53.4 Å². The zero-order chi connectivity index (χ0) is 14.5. The molecule has 1 aromatic rings. The standard InChI is InChI=1S/C15H22ClN3O/c1-3-8-19-9-5-12(6-10-19)18(2)15(20)13-4-7-17-11-14(13)16/h4,7,11-12H,3,5-6,8-10H2,1-2H3. The number of carbonyl (C=O) groups is 1. The van der Waals surface area contributed by atoms with E-state index in [9.17, 15) is 4.79 Å². The number of rotatable bonds is 4. The number of amides is 1. The number of aromatic nitrogens is 1. The van der Waals surface area contributed by atoms with Gasteiger partial charge in [-0.3, -0.25) is 9.78 Å². The Morgan fingerprint density at radius 1 is 1.50 bits per heavy atom. The van der Waals surface area contributed by atoms with Gasteiger partial charge in [-0.2, -0.15) is 0 Å². The van der Waals surface area contributed by atoms with Crippen LogP contribution in [0.3, 0.4) is 0 Å². The van der Waals surface area contributed by atoms with Gasteiger partial charge in [-0.1, -0.05) is 18.5 Å². The van der Waals surface area contributed by atoms with Crippen LogP contribution in [0.1, 0.15) is 36.5 Å². The van der Waals surface area contributed by atoms with Crippen LogP contribution >= 0.6 is 11.6 Å². The summed E-state index contributed by atoms with van der Waals surface area (Å²) in [4.78, 5) is 20.7. The predicted molar refractivity (Wildman–Crippen MR) is 81.1 cm³/mol. The fourth-order valence-corrected chi connectivity index (χ4v) is 2.95. The minimum atomic E-state index is -0.00802. The average molecular weight is 296 g/mol. The maximum absolute atomic E-state index is 12.5. The molecule has 2 heterocycles. The van der Waals surface area contributed by atoms with Gasteiger partial charge in [-0.15, -0.1) is 0 Å². The predicted octanol–water partition coefficient (Wildman–Crippen LogP) is 2.68. The molecular formula is C15H22ClN3O. The maximum Gasteiger partial charge on any atom is 0.255 e. The summed E-state index contributed by atoms with van der Waals surface area (Å²) in [5.41, 5.74) is 0.542. The molecule has 110 valence electrons. The summed E-state index contributed by atoms with van der Waals surface area (Å²) in [6.45, 7) is 5.49.